The molecule has 0 unspecified atom stereocenters. The van der Waals surface area contributed by atoms with Gasteiger partial charge in [-0.15, -0.1) is 0 Å². The molecule has 0 N–H and O–H groups in total. The minimum absolute atomic E-state index is 0.0978. The van der Waals surface area contributed by atoms with Crippen LogP contribution in [0.3, 0.4) is 0 Å². The fourth-order valence-electron chi connectivity index (χ4n) is 5.89. The second-order valence-corrected chi connectivity index (χ2v) is 10.2. The van der Waals surface area contributed by atoms with Crippen LogP contribution < -0.4 is 0 Å². The largest absolute Gasteiger partial charge is 0.469 e. The van der Waals surface area contributed by atoms with Crippen LogP contribution in [-0.2, 0) is 20.4 Å². The average Bonchev–Trinajstić information content (AvgIpc) is 3.63. The van der Waals surface area contributed by atoms with Gasteiger partial charge in [-0.05, 0) is 71.4 Å². The summed E-state index contributed by atoms with van der Waals surface area (Å²) in [6.07, 6.45) is 0.492. The molecule has 2 aliphatic rings. The maximum absolute atomic E-state index is 13.7. The van der Waals surface area contributed by atoms with Gasteiger partial charge < -0.3 is 9.47 Å². The highest BCUT2D eigenvalue weighted by Gasteiger charge is 2.54. The van der Waals surface area contributed by atoms with Crippen LogP contribution in [0.25, 0.3) is 11.3 Å². The maximum atomic E-state index is 13.7. The van der Waals surface area contributed by atoms with E-state index in [4.69, 9.17) is 9.47 Å². The fourth-order valence-corrected chi connectivity index (χ4v) is 5.89. The topological polar surface area (TPSA) is 53.4 Å². The maximum Gasteiger partial charge on any atom is 0.433 e. The van der Waals surface area contributed by atoms with Crippen molar-refractivity contribution >= 4 is 11.5 Å². The number of aromatic nitrogens is 2. The highest BCUT2D eigenvalue weighted by Crippen LogP contribution is 2.54. The number of methoxy groups -OCH3 is 1. The van der Waals surface area contributed by atoms with Crippen LogP contribution in [0.15, 0.2) is 61.1 Å². The third kappa shape index (κ3) is 4.53. The zero-order chi connectivity index (χ0) is 27.2. The van der Waals surface area contributed by atoms with Gasteiger partial charge in [-0.3, -0.25) is 9.36 Å². The third-order valence-electron chi connectivity index (χ3n) is 7.63. The Bertz CT molecular complexity index is 1380. The van der Waals surface area contributed by atoms with Gasteiger partial charge in [0.15, 0.2) is 0 Å². The number of benzene rings is 2. The van der Waals surface area contributed by atoms with E-state index in [1.54, 1.807) is 24.3 Å². The number of hydrogen-bond acceptors (Lipinski definition) is 4. The number of carbonyl (C=O) groups is 1. The lowest BCUT2D eigenvalue weighted by Gasteiger charge is -2.31. The Hall–Kier alpha value is -3.46. The van der Waals surface area contributed by atoms with Gasteiger partial charge >= 0.3 is 12.1 Å². The van der Waals surface area contributed by atoms with Gasteiger partial charge in [0.25, 0.3) is 0 Å². The van der Waals surface area contributed by atoms with Crippen LogP contribution >= 0.6 is 0 Å². The molecule has 0 bridgehead atoms. The molecular weight excluding hydrogens is 500 g/mol. The first-order valence-corrected chi connectivity index (χ1v) is 12.5. The molecular formula is C29H28F4N2O3. The minimum Gasteiger partial charge on any atom is -0.469 e. The number of imidazole rings is 1. The zero-order valence-corrected chi connectivity index (χ0v) is 21.3. The SMILES string of the molecule is COC(=O)[C@H]1CC[C@@]2(C=C(c3cc(-n4cncc4C(F)(F)F)ccc3C(C)C)CO2)[C@@H]1c1ccc(F)cc1. The Balaban J connectivity index is 1.61. The first kappa shape index (κ1) is 26.2. The molecule has 0 saturated heterocycles. The van der Waals surface area contributed by atoms with Gasteiger partial charge in [-0.1, -0.05) is 32.0 Å². The molecule has 2 aromatic carbocycles. The molecule has 9 heteroatoms. The van der Waals surface area contributed by atoms with E-state index in [0.717, 1.165) is 39.4 Å². The fraction of sp³-hybridized carbons (Fsp3) is 0.379. The van der Waals surface area contributed by atoms with Gasteiger partial charge in [0.05, 0.1) is 37.8 Å². The first-order chi connectivity index (χ1) is 18.0. The number of alkyl halides is 3. The molecule has 5 rings (SSSR count). The van der Waals surface area contributed by atoms with Crippen molar-refractivity contribution in [2.75, 3.05) is 13.7 Å². The number of rotatable bonds is 5. The molecule has 1 spiro atoms. The number of nitrogens with zero attached hydrogens (tertiary/aromatic N) is 2. The molecule has 2 heterocycles. The van der Waals surface area contributed by atoms with Crippen molar-refractivity contribution < 1.29 is 31.8 Å². The monoisotopic (exact) mass is 528 g/mol. The number of hydrogen-bond donors (Lipinski definition) is 0. The molecule has 0 amide bonds. The number of ether oxygens (including phenoxy) is 2. The Morgan fingerprint density at radius 3 is 2.58 bits per heavy atom. The van der Waals surface area contributed by atoms with Crippen molar-refractivity contribution in [3.05, 3.63) is 89.3 Å². The quantitative estimate of drug-likeness (QED) is 0.274. The molecule has 1 aromatic heterocycles. The predicted molar refractivity (Wildman–Crippen MR) is 133 cm³/mol. The van der Waals surface area contributed by atoms with Crippen molar-refractivity contribution in [1.82, 2.24) is 9.55 Å². The van der Waals surface area contributed by atoms with E-state index in [-0.39, 0.29) is 24.3 Å². The summed E-state index contributed by atoms with van der Waals surface area (Å²) in [6, 6.07) is 11.3. The van der Waals surface area contributed by atoms with E-state index in [1.807, 2.05) is 26.0 Å². The van der Waals surface area contributed by atoms with E-state index in [0.29, 0.717) is 18.5 Å². The number of halogens is 4. The third-order valence-corrected chi connectivity index (χ3v) is 7.63. The van der Waals surface area contributed by atoms with Gasteiger partial charge in [0, 0.05) is 11.6 Å². The Morgan fingerprint density at radius 1 is 1.18 bits per heavy atom. The van der Waals surface area contributed by atoms with E-state index in [2.05, 4.69) is 4.98 Å². The molecule has 1 saturated carbocycles. The van der Waals surface area contributed by atoms with E-state index < -0.39 is 29.3 Å². The second kappa shape index (κ2) is 9.69. The van der Waals surface area contributed by atoms with Crippen molar-refractivity contribution in [2.24, 2.45) is 5.92 Å². The van der Waals surface area contributed by atoms with Crippen LogP contribution in [0, 0.1) is 11.7 Å². The lowest BCUT2D eigenvalue weighted by Crippen LogP contribution is -2.34. The van der Waals surface area contributed by atoms with Crippen molar-refractivity contribution in [1.29, 1.82) is 0 Å². The zero-order valence-electron chi connectivity index (χ0n) is 21.3. The molecule has 3 aromatic rings. The van der Waals surface area contributed by atoms with E-state index >= 15 is 0 Å². The van der Waals surface area contributed by atoms with Crippen LogP contribution in [0.1, 0.15) is 60.9 Å². The highest BCUT2D eigenvalue weighted by molar-refractivity contribution is 5.78. The van der Waals surface area contributed by atoms with E-state index in [1.165, 1.54) is 19.2 Å². The van der Waals surface area contributed by atoms with E-state index in [9.17, 15) is 22.4 Å². The molecule has 1 fully saturated rings. The lowest BCUT2D eigenvalue weighted by atomic mass is 9.79. The van der Waals surface area contributed by atoms with Gasteiger partial charge in [0.2, 0.25) is 0 Å². The molecule has 38 heavy (non-hydrogen) atoms. The number of esters is 1. The molecule has 1 aliphatic heterocycles. The Morgan fingerprint density at radius 2 is 1.92 bits per heavy atom. The van der Waals surface area contributed by atoms with Crippen molar-refractivity contribution in [3.8, 4) is 5.69 Å². The van der Waals surface area contributed by atoms with Gasteiger partial charge in [-0.2, -0.15) is 13.2 Å². The lowest BCUT2D eigenvalue weighted by molar-refractivity contribution is -0.146. The summed E-state index contributed by atoms with van der Waals surface area (Å²) >= 11 is 0. The molecule has 3 atom stereocenters. The van der Waals surface area contributed by atoms with Crippen LogP contribution in [0.2, 0.25) is 0 Å². The Labute approximate surface area is 218 Å². The second-order valence-electron chi connectivity index (χ2n) is 10.2. The summed E-state index contributed by atoms with van der Waals surface area (Å²) < 4.78 is 67.0. The summed E-state index contributed by atoms with van der Waals surface area (Å²) in [4.78, 5) is 16.4. The van der Waals surface area contributed by atoms with Gasteiger partial charge in [0.1, 0.15) is 11.5 Å². The first-order valence-electron chi connectivity index (χ1n) is 12.5. The predicted octanol–water partition coefficient (Wildman–Crippen LogP) is 6.67. The normalized spacial score (nSPS) is 23.3. The average molecular weight is 529 g/mol. The molecule has 1 aliphatic carbocycles. The summed E-state index contributed by atoms with van der Waals surface area (Å²) in [5.41, 5.74) is 2.00. The molecule has 0 radical (unpaired) electrons. The van der Waals surface area contributed by atoms with Crippen LogP contribution in [0.5, 0.6) is 0 Å². The standard InChI is InChI=1S/C29H28F4N2O3/c1-17(2)22-9-8-21(35-16-34-14-25(35)29(31,32)33)12-24(22)19-13-28(38-15-19)11-10-23(27(36)37-3)26(28)18-4-6-20(30)7-5-18/h4-9,12-14,16-17,23,26H,10-11,15H2,1-3H3/t23-,26+,28+/m0/s1. The summed E-state index contributed by atoms with van der Waals surface area (Å²) in [7, 11) is 1.34. The molecule has 5 nitrogen and oxygen atoms in total. The van der Waals surface area contributed by atoms with Crippen LogP contribution in [0.4, 0.5) is 17.6 Å². The summed E-state index contributed by atoms with van der Waals surface area (Å²) in [6.45, 7) is 4.27. The van der Waals surface area contributed by atoms with Crippen molar-refractivity contribution in [2.45, 2.75) is 50.3 Å². The molecule has 200 valence electrons. The summed E-state index contributed by atoms with van der Waals surface area (Å²) in [5, 5.41) is 0. The number of carbonyl (C=O) groups excluding carboxylic acids is 1. The summed E-state index contributed by atoms with van der Waals surface area (Å²) in [5.74, 6) is -1.51. The smallest absolute Gasteiger partial charge is 0.433 e. The highest BCUT2D eigenvalue weighted by atomic mass is 19.4. The van der Waals surface area contributed by atoms with Crippen LogP contribution in [-0.4, -0.2) is 34.8 Å². The van der Waals surface area contributed by atoms with Gasteiger partial charge in [-0.25, -0.2) is 9.37 Å². The van der Waals surface area contributed by atoms with Crippen molar-refractivity contribution in [3.63, 3.8) is 0 Å². The minimum atomic E-state index is -4.55. The Kier molecular flexibility index (Phi) is 6.67.